The first kappa shape index (κ1) is 27.9. The summed E-state index contributed by atoms with van der Waals surface area (Å²) in [6.45, 7) is 5.52. The van der Waals surface area contributed by atoms with Gasteiger partial charge >= 0.3 is 5.97 Å². The smallest absolute Gasteiger partial charge is 0.336 e. The molecule has 0 saturated carbocycles. The van der Waals surface area contributed by atoms with Crippen molar-refractivity contribution in [2.45, 2.75) is 32.9 Å². The monoisotopic (exact) mass is 570 g/mol. The van der Waals surface area contributed by atoms with Gasteiger partial charge in [-0.2, -0.15) is 0 Å². The second-order valence-electron chi connectivity index (χ2n) is 10.6. The molecule has 0 spiro atoms. The summed E-state index contributed by atoms with van der Waals surface area (Å²) in [4.78, 5) is 31.0. The highest BCUT2D eigenvalue weighted by Crippen LogP contribution is 2.44. The summed E-state index contributed by atoms with van der Waals surface area (Å²) >= 11 is 5.82. The molecular formula is C31H30N4O5S. The van der Waals surface area contributed by atoms with Gasteiger partial charge in [0.1, 0.15) is 23.3 Å². The molecule has 1 saturated heterocycles. The van der Waals surface area contributed by atoms with E-state index >= 15 is 0 Å². The molecule has 2 aromatic carbocycles. The van der Waals surface area contributed by atoms with E-state index in [1.165, 1.54) is 0 Å². The standard InChI is InChI=1S/C31H30N4O5S/c1-31(2,3)29(38)33-21-13-12-18(17-25(21)39-4)35-27(26(34-30(35)41)22-11-7-8-16-32-22)24-15-14-23(40-24)19-9-5-6-10-20(19)28(36)37/h5-17,26-27H,1-4H3,(H,33,38)(H,34,41)(H,36,37)/t26-,27+/m1/s1. The summed E-state index contributed by atoms with van der Waals surface area (Å²) in [6.07, 6.45) is 1.71. The van der Waals surface area contributed by atoms with Crippen molar-refractivity contribution in [2.75, 3.05) is 17.3 Å². The Morgan fingerprint density at radius 3 is 2.51 bits per heavy atom. The number of amides is 1. The zero-order chi connectivity index (χ0) is 29.3. The van der Waals surface area contributed by atoms with Crippen molar-refractivity contribution in [1.29, 1.82) is 0 Å². The van der Waals surface area contributed by atoms with E-state index in [4.69, 9.17) is 21.4 Å². The highest BCUT2D eigenvalue weighted by Gasteiger charge is 2.43. The van der Waals surface area contributed by atoms with E-state index < -0.39 is 17.4 Å². The molecule has 0 bridgehead atoms. The van der Waals surface area contributed by atoms with Crippen molar-refractivity contribution in [1.82, 2.24) is 10.3 Å². The predicted molar refractivity (Wildman–Crippen MR) is 160 cm³/mol. The number of hydrogen-bond donors (Lipinski definition) is 3. The van der Waals surface area contributed by atoms with E-state index in [2.05, 4.69) is 15.6 Å². The number of ether oxygens (including phenoxy) is 1. The van der Waals surface area contributed by atoms with Gasteiger partial charge in [-0.25, -0.2) is 4.79 Å². The number of aromatic nitrogens is 1. The number of nitrogens with one attached hydrogen (secondary N) is 2. The number of carbonyl (C=O) groups is 2. The van der Waals surface area contributed by atoms with Gasteiger partial charge in [-0.1, -0.05) is 45.0 Å². The molecule has 41 heavy (non-hydrogen) atoms. The van der Waals surface area contributed by atoms with Crippen LogP contribution in [0.2, 0.25) is 0 Å². The first-order valence-electron chi connectivity index (χ1n) is 13.0. The zero-order valence-electron chi connectivity index (χ0n) is 23.0. The van der Waals surface area contributed by atoms with Crippen molar-refractivity contribution < 1.29 is 23.8 Å². The minimum atomic E-state index is -1.04. The third-order valence-electron chi connectivity index (χ3n) is 6.83. The molecule has 0 unspecified atom stereocenters. The molecule has 1 amide bonds. The molecule has 10 heteroatoms. The number of benzene rings is 2. The Kier molecular flexibility index (Phi) is 7.51. The first-order chi connectivity index (χ1) is 19.6. The lowest BCUT2D eigenvalue weighted by atomic mass is 9.95. The van der Waals surface area contributed by atoms with Gasteiger partial charge in [0.15, 0.2) is 5.11 Å². The quantitative estimate of drug-likeness (QED) is 0.223. The van der Waals surface area contributed by atoms with E-state index in [0.29, 0.717) is 39.3 Å². The maximum absolute atomic E-state index is 12.7. The van der Waals surface area contributed by atoms with Crippen LogP contribution in [0.4, 0.5) is 11.4 Å². The van der Waals surface area contributed by atoms with Gasteiger partial charge in [0.05, 0.1) is 30.1 Å². The molecule has 5 rings (SSSR count). The number of carbonyl (C=O) groups excluding carboxylic acids is 1. The minimum absolute atomic E-state index is 0.139. The van der Waals surface area contributed by atoms with Gasteiger partial charge in [-0.3, -0.25) is 9.78 Å². The Bertz CT molecular complexity index is 1610. The summed E-state index contributed by atoms with van der Waals surface area (Å²) < 4.78 is 12.0. The van der Waals surface area contributed by atoms with Gasteiger partial charge in [0.25, 0.3) is 0 Å². The number of methoxy groups -OCH3 is 1. The molecular weight excluding hydrogens is 540 g/mol. The number of aromatic carboxylic acids is 1. The van der Waals surface area contributed by atoms with Crippen LogP contribution >= 0.6 is 12.2 Å². The van der Waals surface area contributed by atoms with Gasteiger partial charge in [0.2, 0.25) is 5.91 Å². The minimum Gasteiger partial charge on any atom is -0.494 e. The lowest BCUT2D eigenvalue weighted by Gasteiger charge is -2.27. The maximum atomic E-state index is 12.7. The molecule has 0 aliphatic carbocycles. The van der Waals surface area contributed by atoms with Crippen molar-refractivity contribution in [2.24, 2.45) is 5.41 Å². The predicted octanol–water partition coefficient (Wildman–Crippen LogP) is 6.21. The van der Waals surface area contributed by atoms with Crippen LogP contribution in [0.5, 0.6) is 5.75 Å². The fourth-order valence-corrected chi connectivity index (χ4v) is 5.05. The number of furan rings is 1. The Labute approximate surface area is 243 Å². The van der Waals surface area contributed by atoms with Gasteiger partial charge in [-0.15, -0.1) is 0 Å². The van der Waals surface area contributed by atoms with E-state index in [1.807, 2.05) is 62.1 Å². The molecule has 0 radical (unpaired) electrons. The van der Waals surface area contributed by atoms with Crippen molar-refractivity contribution >= 4 is 40.6 Å². The van der Waals surface area contributed by atoms with Crippen molar-refractivity contribution in [3.8, 4) is 17.1 Å². The number of carboxylic acids is 1. The Morgan fingerprint density at radius 2 is 1.83 bits per heavy atom. The van der Waals surface area contributed by atoms with E-state index in [9.17, 15) is 14.7 Å². The number of hydrogen-bond acceptors (Lipinski definition) is 6. The Morgan fingerprint density at radius 1 is 1.07 bits per heavy atom. The number of anilines is 2. The van der Waals surface area contributed by atoms with Crippen LogP contribution in [0.3, 0.4) is 0 Å². The molecule has 2 aromatic heterocycles. The zero-order valence-corrected chi connectivity index (χ0v) is 23.9. The SMILES string of the molecule is COc1cc(N2C(=S)N[C@H](c3ccccn3)[C@@H]2c2ccc(-c3ccccc3C(=O)O)o2)ccc1NC(=O)C(C)(C)C. The average molecular weight is 571 g/mol. The van der Waals surface area contributed by atoms with Gasteiger partial charge in [-0.05, 0) is 54.7 Å². The molecule has 3 heterocycles. The fourth-order valence-electron chi connectivity index (χ4n) is 4.71. The molecule has 210 valence electrons. The second-order valence-corrected chi connectivity index (χ2v) is 11.0. The van der Waals surface area contributed by atoms with Crippen LogP contribution < -0.4 is 20.3 Å². The lowest BCUT2D eigenvalue weighted by Crippen LogP contribution is -2.30. The number of rotatable bonds is 7. The molecule has 1 aliphatic rings. The second kappa shape index (κ2) is 11.1. The topological polar surface area (TPSA) is 117 Å². The third-order valence-corrected chi connectivity index (χ3v) is 7.15. The molecule has 3 N–H and O–H groups in total. The van der Waals surface area contributed by atoms with E-state index in [-0.39, 0.29) is 17.5 Å². The van der Waals surface area contributed by atoms with Crippen molar-refractivity contribution in [3.05, 3.63) is 96.0 Å². The largest absolute Gasteiger partial charge is 0.494 e. The van der Waals surface area contributed by atoms with Crippen LogP contribution in [0.15, 0.2) is 83.4 Å². The van der Waals surface area contributed by atoms with Gasteiger partial charge in [0, 0.05) is 28.9 Å². The fraction of sp³-hybridized carbons (Fsp3) is 0.226. The van der Waals surface area contributed by atoms with Crippen LogP contribution in [0.1, 0.15) is 54.7 Å². The van der Waals surface area contributed by atoms with Crippen LogP contribution in [-0.2, 0) is 4.79 Å². The maximum Gasteiger partial charge on any atom is 0.336 e. The summed E-state index contributed by atoms with van der Waals surface area (Å²) in [5.74, 6) is 0.278. The normalized spacial score (nSPS) is 16.8. The highest BCUT2D eigenvalue weighted by atomic mass is 32.1. The van der Waals surface area contributed by atoms with E-state index in [0.717, 1.165) is 5.69 Å². The Hall–Kier alpha value is -4.70. The number of carboxylic acid groups (broad SMARTS) is 1. The van der Waals surface area contributed by atoms with Crippen LogP contribution in [0, 0.1) is 5.41 Å². The average Bonchev–Trinajstić information content (AvgIpc) is 3.58. The third kappa shape index (κ3) is 5.51. The molecule has 4 aromatic rings. The molecule has 2 atom stereocenters. The summed E-state index contributed by atoms with van der Waals surface area (Å²) in [7, 11) is 1.54. The van der Waals surface area contributed by atoms with Crippen LogP contribution in [0.25, 0.3) is 11.3 Å². The van der Waals surface area contributed by atoms with E-state index in [1.54, 1.807) is 49.7 Å². The van der Waals surface area contributed by atoms with Gasteiger partial charge < -0.3 is 29.8 Å². The number of thiocarbonyl (C=S) groups is 1. The van der Waals surface area contributed by atoms with Crippen molar-refractivity contribution in [3.63, 3.8) is 0 Å². The summed E-state index contributed by atoms with van der Waals surface area (Å²) in [5.41, 5.74) is 2.04. The first-order valence-corrected chi connectivity index (χ1v) is 13.4. The summed E-state index contributed by atoms with van der Waals surface area (Å²) in [6, 6.07) is 20.5. The number of pyridine rings is 1. The van der Waals surface area contributed by atoms with Crippen LogP contribution in [-0.4, -0.2) is 34.2 Å². The Balaban J connectivity index is 1.58. The summed E-state index contributed by atoms with van der Waals surface area (Å²) in [5, 5.41) is 16.5. The number of nitrogens with zero attached hydrogens (tertiary/aromatic N) is 2. The molecule has 1 fully saturated rings. The highest BCUT2D eigenvalue weighted by molar-refractivity contribution is 7.80. The lowest BCUT2D eigenvalue weighted by molar-refractivity contribution is -0.123. The molecule has 9 nitrogen and oxygen atoms in total. The molecule has 1 aliphatic heterocycles.